The highest BCUT2D eigenvalue weighted by atomic mass is 35.5. The van der Waals surface area contributed by atoms with Crippen molar-refractivity contribution in [3.8, 4) is 22.3 Å². The molecule has 0 bridgehead atoms. The first-order valence-corrected chi connectivity index (χ1v) is 7.07. The van der Waals surface area contributed by atoms with Crippen molar-refractivity contribution in [3.63, 3.8) is 0 Å². The smallest absolute Gasteiger partial charge is 0.131 e. The second-order valence-corrected chi connectivity index (χ2v) is 5.37. The molecule has 3 aromatic rings. The second kappa shape index (κ2) is 5.84. The molecule has 1 heterocycles. The van der Waals surface area contributed by atoms with Crippen LogP contribution in [0.4, 0.5) is 4.39 Å². The summed E-state index contributed by atoms with van der Waals surface area (Å²) in [7, 11) is 0. The number of hydrogen-bond donors (Lipinski definition) is 0. The highest BCUT2D eigenvalue weighted by Crippen LogP contribution is 2.38. The molecule has 4 heteroatoms. The highest BCUT2D eigenvalue weighted by molar-refractivity contribution is 6.34. The molecule has 21 heavy (non-hydrogen) atoms. The van der Waals surface area contributed by atoms with Gasteiger partial charge < -0.3 is 0 Å². The minimum absolute atomic E-state index is 0.319. The summed E-state index contributed by atoms with van der Waals surface area (Å²) in [6.45, 7) is 0. The van der Waals surface area contributed by atoms with Gasteiger partial charge in [0.05, 0.1) is 5.02 Å². The monoisotopic (exact) mass is 317 g/mol. The maximum absolute atomic E-state index is 14.1. The summed E-state index contributed by atoms with van der Waals surface area (Å²) in [5, 5.41) is 1.05. The van der Waals surface area contributed by atoms with E-state index in [1.165, 1.54) is 12.3 Å². The zero-order valence-corrected chi connectivity index (χ0v) is 12.4. The van der Waals surface area contributed by atoms with Gasteiger partial charge >= 0.3 is 0 Å². The van der Waals surface area contributed by atoms with Crippen LogP contribution in [0.15, 0.2) is 60.9 Å². The van der Waals surface area contributed by atoms with Crippen LogP contribution >= 0.6 is 23.2 Å². The molecule has 1 nitrogen and oxygen atoms in total. The molecular weight excluding hydrogens is 308 g/mol. The molecule has 3 rings (SSSR count). The van der Waals surface area contributed by atoms with E-state index in [1.54, 1.807) is 36.5 Å². The number of rotatable bonds is 2. The first kappa shape index (κ1) is 14.1. The Bertz CT molecular complexity index is 785. The number of hydrogen-bond acceptors (Lipinski definition) is 1. The van der Waals surface area contributed by atoms with Gasteiger partial charge in [-0.05, 0) is 23.8 Å². The van der Waals surface area contributed by atoms with Crippen LogP contribution in [0.25, 0.3) is 22.3 Å². The van der Waals surface area contributed by atoms with Crippen LogP contribution in [-0.2, 0) is 0 Å². The van der Waals surface area contributed by atoms with Gasteiger partial charge in [-0.1, -0.05) is 53.5 Å². The number of aromatic nitrogens is 1. The molecular formula is C17H10Cl2FN. The Kier molecular flexibility index (Phi) is 3.91. The Balaban J connectivity index is 2.26. The van der Waals surface area contributed by atoms with Crippen molar-refractivity contribution in [1.82, 2.24) is 4.98 Å². The molecule has 0 atom stereocenters. The maximum Gasteiger partial charge on any atom is 0.131 e. The summed E-state index contributed by atoms with van der Waals surface area (Å²) < 4.78 is 14.1. The lowest BCUT2D eigenvalue weighted by Crippen LogP contribution is -1.91. The summed E-state index contributed by atoms with van der Waals surface area (Å²) in [4.78, 5) is 4.11. The van der Waals surface area contributed by atoms with Gasteiger partial charge in [-0.3, -0.25) is 4.98 Å². The standard InChI is InChI=1S/C17H10Cl2FN/c18-12-7-5-11(6-8-12)14-9-21-10-15(19)17(14)13-3-1-2-4-16(13)20/h1-10H. The van der Waals surface area contributed by atoms with E-state index >= 15 is 0 Å². The third-order valence-corrected chi connectivity index (χ3v) is 3.74. The Morgan fingerprint density at radius 3 is 2.24 bits per heavy atom. The van der Waals surface area contributed by atoms with Crippen molar-refractivity contribution >= 4 is 23.2 Å². The van der Waals surface area contributed by atoms with Gasteiger partial charge in [0.25, 0.3) is 0 Å². The van der Waals surface area contributed by atoms with Gasteiger partial charge in [-0.15, -0.1) is 0 Å². The topological polar surface area (TPSA) is 12.9 Å². The van der Waals surface area contributed by atoms with Crippen LogP contribution in [0.1, 0.15) is 0 Å². The van der Waals surface area contributed by atoms with E-state index in [9.17, 15) is 4.39 Å². The van der Waals surface area contributed by atoms with Crippen molar-refractivity contribution in [2.45, 2.75) is 0 Å². The van der Waals surface area contributed by atoms with Gasteiger partial charge in [0.1, 0.15) is 5.82 Å². The number of halogens is 3. The van der Waals surface area contributed by atoms with E-state index < -0.39 is 0 Å². The largest absolute Gasteiger partial charge is 0.262 e. The van der Waals surface area contributed by atoms with E-state index in [0.717, 1.165) is 11.1 Å². The summed E-state index contributed by atoms with van der Waals surface area (Å²) in [5.41, 5.74) is 2.74. The fraction of sp³-hybridized carbons (Fsp3) is 0. The molecule has 0 unspecified atom stereocenters. The van der Waals surface area contributed by atoms with E-state index in [0.29, 0.717) is 21.2 Å². The minimum Gasteiger partial charge on any atom is -0.262 e. The lowest BCUT2D eigenvalue weighted by molar-refractivity contribution is 0.631. The molecule has 0 aliphatic heterocycles. The average Bonchev–Trinajstić information content (AvgIpc) is 2.49. The summed E-state index contributed by atoms with van der Waals surface area (Å²) >= 11 is 12.2. The zero-order valence-electron chi connectivity index (χ0n) is 10.9. The van der Waals surface area contributed by atoms with Crippen LogP contribution < -0.4 is 0 Å². The molecule has 0 fully saturated rings. The Hall–Kier alpha value is -1.90. The lowest BCUT2D eigenvalue weighted by atomic mass is 9.96. The van der Waals surface area contributed by atoms with E-state index in [-0.39, 0.29) is 5.82 Å². The number of nitrogens with zero attached hydrogens (tertiary/aromatic N) is 1. The summed E-state index contributed by atoms with van der Waals surface area (Å²) in [6, 6.07) is 13.8. The second-order valence-electron chi connectivity index (χ2n) is 4.53. The number of pyridine rings is 1. The zero-order chi connectivity index (χ0) is 14.8. The van der Waals surface area contributed by atoms with Gasteiger partial charge in [-0.25, -0.2) is 4.39 Å². The first-order chi connectivity index (χ1) is 10.2. The van der Waals surface area contributed by atoms with Crippen molar-refractivity contribution in [2.24, 2.45) is 0 Å². The fourth-order valence-electron chi connectivity index (χ4n) is 2.22. The minimum atomic E-state index is -0.319. The Labute approximate surface area is 132 Å². The van der Waals surface area contributed by atoms with Crippen molar-refractivity contribution in [1.29, 1.82) is 0 Å². The third kappa shape index (κ3) is 2.78. The molecule has 0 saturated heterocycles. The predicted molar refractivity (Wildman–Crippen MR) is 85.1 cm³/mol. The molecule has 104 valence electrons. The molecule has 0 amide bonds. The van der Waals surface area contributed by atoms with Gasteiger partial charge in [0.2, 0.25) is 0 Å². The van der Waals surface area contributed by atoms with Crippen molar-refractivity contribution in [2.75, 3.05) is 0 Å². The highest BCUT2D eigenvalue weighted by Gasteiger charge is 2.15. The summed E-state index contributed by atoms with van der Waals surface area (Å²) in [5.74, 6) is -0.319. The molecule has 0 radical (unpaired) electrons. The van der Waals surface area contributed by atoms with E-state index in [4.69, 9.17) is 23.2 Å². The third-order valence-electron chi connectivity index (χ3n) is 3.20. The van der Waals surface area contributed by atoms with Crippen LogP contribution in [0.5, 0.6) is 0 Å². The van der Waals surface area contributed by atoms with Crippen molar-refractivity contribution in [3.05, 3.63) is 76.8 Å². The SMILES string of the molecule is Fc1ccccc1-c1c(Cl)cncc1-c1ccc(Cl)cc1. The molecule has 0 N–H and O–H groups in total. The quantitative estimate of drug-likeness (QED) is 0.576. The molecule has 1 aromatic heterocycles. The Morgan fingerprint density at radius 1 is 0.810 bits per heavy atom. The lowest BCUT2D eigenvalue weighted by Gasteiger charge is -2.12. The van der Waals surface area contributed by atoms with Gasteiger partial charge in [-0.2, -0.15) is 0 Å². The van der Waals surface area contributed by atoms with Crippen LogP contribution in [0.2, 0.25) is 10.0 Å². The Morgan fingerprint density at radius 2 is 1.52 bits per heavy atom. The van der Waals surface area contributed by atoms with Crippen LogP contribution in [0.3, 0.4) is 0 Å². The molecule has 0 aliphatic carbocycles. The normalized spacial score (nSPS) is 10.6. The van der Waals surface area contributed by atoms with Crippen LogP contribution in [0, 0.1) is 5.82 Å². The first-order valence-electron chi connectivity index (χ1n) is 6.31. The van der Waals surface area contributed by atoms with Crippen LogP contribution in [-0.4, -0.2) is 4.98 Å². The molecule has 0 saturated carbocycles. The molecule has 0 spiro atoms. The van der Waals surface area contributed by atoms with E-state index in [1.807, 2.05) is 12.1 Å². The number of benzene rings is 2. The summed E-state index contributed by atoms with van der Waals surface area (Å²) in [6.07, 6.45) is 3.19. The van der Waals surface area contributed by atoms with Gasteiger partial charge in [0.15, 0.2) is 0 Å². The fourth-order valence-corrected chi connectivity index (χ4v) is 2.61. The maximum atomic E-state index is 14.1. The predicted octanol–water partition coefficient (Wildman–Crippen LogP) is 5.86. The molecule has 0 aliphatic rings. The molecule has 2 aromatic carbocycles. The van der Waals surface area contributed by atoms with Crippen molar-refractivity contribution < 1.29 is 4.39 Å². The van der Waals surface area contributed by atoms with E-state index in [2.05, 4.69) is 4.98 Å². The average molecular weight is 318 g/mol. The van der Waals surface area contributed by atoms with Gasteiger partial charge in [0, 0.05) is 34.1 Å².